The summed E-state index contributed by atoms with van der Waals surface area (Å²) in [5.41, 5.74) is 7.10. The van der Waals surface area contributed by atoms with Gasteiger partial charge in [0, 0.05) is 44.5 Å². The molecule has 1 saturated heterocycles. The average molecular weight is 442 g/mol. The number of amides is 1. The van der Waals surface area contributed by atoms with Gasteiger partial charge in [-0.1, -0.05) is 39.0 Å². The van der Waals surface area contributed by atoms with E-state index in [1.54, 1.807) is 0 Å². The zero-order chi connectivity index (χ0) is 17.7. The van der Waals surface area contributed by atoms with E-state index in [2.05, 4.69) is 46.3 Å². The van der Waals surface area contributed by atoms with E-state index in [0.717, 1.165) is 32.7 Å². The highest BCUT2D eigenvalue weighted by Crippen LogP contribution is 2.18. The molecule has 0 bridgehead atoms. The first-order chi connectivity index (χ1) is 11.3. The quantitative estimate of drug-likeness (QED) is 0.737. The summed E-state index contributed by atoms with van der Waals surface area (Å²) in [7, 11) is 0. The van der Waals surface area contributed by atoms with Crippen molar-refractivity contribution in [1.82, 2.24) is 10.2 Å². The molecule has 1 heterocycles. The Morgan fingerprint density at radius 1 is 1.07 bits per heavy atom. The van der Waals surface area contributed by atoms with E-state index in [9.17, 15) is 4.79 Å². The number of nitrogens with two attached hydrogens (primary N) is 1. The van der Waals surface area contributed by atoms with Gasteiger partial charge in [-0.15, -0.1) is 37.2 Å². The second-order valence-electron chi connectivity index (χ2n) is 7.88. The lowest BCUT2D eigenvalue weighted by atomic mass is 9.87. The van der Waals surface area contributed by atoms with Crippen LogP contribution >= 0.6 is 37.2 Å². The molecule has 0 aliphatic carbocycles. The Morgan fingerprint density at radius 3 is 2.07 bits per heavy atom. The number of anilines is 1. The van der Waals surface area contributed by atoms with E-state index in [1.807, 2.05) is 26.8 Å². The molecule has 2 rings (SSSR count). The second-order valence-corrected chi connectivity index (χ2v) is 7.88. The monoisotopic (exact) mass is 440 g/mol. The summed E-state index contributed by atoms with van der Waals surface area (Å²) in [5.74, 6) is -0.0575. The maximum absolute atomic E-state index is 12.2. The van der Waals surface area contributed by atoms with Crippen molar-refractivity contribution in [2.24, 2.45) is 11.1 Å². The molecule has 1 unspecified atom stereocenters. The predicted octanol–water partition coefficient (Wildman–Crippen LogP) is 2.95. The van der Waals surface area contributed by atoms with Crippen molar-refractivity contribution in [3.63, 3.8) is 0 Å². The molecule has 1 aliphatic heterocycles. The number of rotatable bonds is 5. The van der Waals surface area contributed by atoms with Gasteiger partial charge in [-0.2, -0.15) is 0 Å². The molecule has 2 atom stereocenters. The third-order valence-corrected chi connectivity index (χ3v) is 4.63. The lowest BCUT2D eigenvalue weighted by Gasteiger charge is -2.37. The highest BCUT2D eigenvalue weighted by molar-refractivity contribution is 5.86. The number of piperazine rings is 1. The van der Waals surface area contributed by atoms with Crippen LogP contribution in [0.5, 0.6) is 0 Å². The van der Waals surface area contributed by atoms with Crippen LogP contribution in [0.15, 0.2) is 30.3 Å². The molecule has 0 radical (unpaired) electrons. The zero-order valence-corrected chi connectivity index (χ0v) is 19.1. The lowest BCUT2D eigenvalue weighted by molar-refractivity contribution is -0.125. The smallest absolute Gasteiger partial charge is 0.237 e. The summed E-state index contributed by atoms with van der Waals surface area (Å²) in [5, 5.41) is 3.06. The van der Waals surface area contributed by atoms with Gasteiger partial charge in [-0.3, -0.25) is 9.69 Å². The number of nitrogens with zero attached hydrogens (tertiary/aromatic N) is 2. The fourth-order valence-electron chi connectivity index (χ4n) is 2.99. The van der Waals surface area contributed by atoms with Crippen LogP contribution in [0.3, 0.4) is 0 Å². The SMILES string of the molecule is CC(CN1CCN(c2ccccc2)CC1)NC(=O)[C@@H](N)C(C)(C)C.Cl.Cl.Cl. The van der Waals surface area contributed by atoms with Gasteiger partial charge in [0.25, 0.3) is 0 Å². The van der Waals surface area contributed by atoms with Gasteiger partial charge in [0.05, 0.1) is 6.04 Å². The Kier molecular flexibility index (Phi) is 13.4. The van der Waals surface area contributed by atoms with Gasteiger partial charge in [0.15, 0.2) is 0 Å². The number of hydrogen-bond donors (Lipinski definition) is 2. The molecule has 1 aromatic rings. The van der Waals surface area contributed by atoms with Gasteiger partial charge in [0.1, 0.15) is 0 Å². The minimum Gasteiger partial charge on any atom is -0.369 e. The first-order valence-electron chi connectivity index (χ1n) is 8.85. The summed E-state index contributed by atoms with van der Waals surface area (Å²) in [6, 6.07) is 10.2. The van der Waals surface area contributed by atoms with E-state index < -0.39 is 6.04 Å². The highest BCUT2D eigenvalue weighted by Gasteiger charge is 2.28. The van der Waals surface area contributed by atoms with Crippen LogP contribution < -0.4 is 16.0 Å². The number of nitrogens with one attached hydrogen (secondary N) is 1. The van der Waals surface area contributed by atoms with Gasteiger partial charge in [0.2, 0.25) is 5.91 Å². The van der Waals surface area contributed by atoms with Crippen LogP contribution in [-0.4, -0.2) is 55.6 Å². The van der Waals surface area contributed by atoms with Crippen LogP contribution in [0, 0.1) is 5.41 Å². The minimum absolute atomic E-state index is 0. The predicted molar refractivity (Wildman–Crippen MR) is 122 cm³/mol. The van der Waals surface area contributed by atoms with E-state index >= 15 is 0 Å². The molecular weight excluding hydrogens is 407 g/mol. The van der Waals surface area contributed by atoms with Crippen LogP contribution in [-0.2, 0) is 4.79 Å². The topological polar surface area (TPSA) is 61.6 Å². The molecule has 0 aromatic heterocycles. The number of carbonyl (C=O) groups excluding carboxylic acids is 1. The number of carbonyl (C=O) groups is 1. The Morgan fingerprint density at radius 2 is 1.59 bits per heavy atom. The molecule has 1 aliphatic rings. The van der Waals surface area contributed by atoms with Crippen molar-refractivity contribution in [2.75, 3.05) is 37.6 Å². The first kappa shape index (κ1) is 28.5. The fraction of sp³-hybridized carbons (Fsp3) is 0.632. The molecule has 1 aromatic carbocycles. The zero-order valence-electron chi connectivity index (χ0n) is 16.7. The van der Waals surface area contributed by atoms with Crippen LogP contribution in [0.2, 0.25) is 0 Å². The minimum atomic E-state index is -0.477. The molecule has 1 amide bonds. The number of halogens is 3. The van der Waals surface area contributed by atoms with Crippen molar-refractivity contribution in [3.8, 4) is 0 Å². The number of benzene rings is 1. The lowest BCUT2D eigenvalue weighted by Crippen LogP contribution is -2.54. The maximum Gasteiger partial charge on any atom is 0.237 e. The third kappa shape index (κ3) is 8.88. The summed E-state index contributed by atoms with van der Waals surface area (Å²) in [4.78, 5) is 17.0. The van der Waals surface area contributed by atoms with Crippen LogP contribution in [0.1, 0.15) is 27.7 Å². The second kappa shape index (κ2) is 12.7. The van der Waals surface area contributed by atoms with Crippen molar-refractivity contribution in [3.05, 3.63) is 30.3 Å². The van der Waals surface area contributed by atoms with Crippen LogP contribution in [0.25, 0.3) is 0 Å². The Balaban J connectivity index is 0. The van der Waals surface area contributed by atoms with Gasteiger partial charge in [-0.25, -0.2) is 0 Å². The largest absolute Gasteiger partial charge is 0.369 e. The fourth-order valence-corrected chi connectivity index (χ4v) is 2.99. The first-order valence-corrected chi connectivity index (χ1v) is 8.85. The summed E-state index contributed by atoms with van der Waals surface area (Å²) in [6.07, 6.45) is 0. The summed E-state index contributed by atoms with van der Waals surface area (Å²) >= 11 is 0. The van der Waals surface area contributed by atoms with Crippen LogP contribution in [0.4, 0.5) is 5.69 Å². The van der Waals surface area contributed by atoms with Crippen molar-refractivity contribution < 1.29 is 4.79 Å². The average Bonchev–Trinajstić information content (AvgIpc) is 2.54. The molecular formula is C19H35Cl3N4O. The number of hydrogen-bond acceptors (Lipinski definition) is 4. The molecule has 158 valence electrons. The summed E-state index contributed by atoms with van der Waals surface area (Å²) in [6.45, 7) is 13.0. The normalized spacial score (nSPS) is 16.9. The third-order valence-electron chi connectivity index (χ3n) is 4.63. The van der Waals surface area contributed by atoms with Crippen molar-refractivity contribution in [1.29, 1.82) is 0 Å². The number of para-hydroxylation sites is 1. The molecule has 0 spiro atoms. The Bertz CT molecular complexity index is 532. The molecule has 3 N–H and O–H groups in total. The summed E-state index contributed by atoms with van der Waals surface area (Å²) < 4.78 is 0. The van der Waals surface area contributed by atoms with E-state index in [-0.39, 0.29) is 54.6 Å². The van der Waals surface area contributed by atoms with Gasteiger partial charge >= 0.3 is 0 Å². The maximum atomic E-state index is 12.2. The van der Waals surface area contributed by atoms with Crippen molar-refractivity contribution >= 4 is 48.8 Å². The van der Waals surface area contributed by atoms with E-state index in [0.29, 0.717) is 0 Å². The molecule has 27 heavy (non-hydrogen) atoms. The van der Waals surface area contributed by atoms with E-state index in [1.165, 1.54) is 5.69 Å². The molecule has 0 saturated carbocycles. The molecule has 5 nitrogen and oxygen atoms in total. The Labute approximate surface area is 182 Å². The standard InChI is InChI=1S/C19H32N4O.3ClH/c1-15(21-18(24)17(20)19(2,3)4)14-22-10-12-23(13-11-22)16-8-6-5-7-9-16;;;/h5-9,15,17H,10-14,20H2,1-4H3,(H,21,24);3*1H/t15?,17-;;;/m1.../s1. The Hall–Kier alpha value is -0.720. The molecule has 1 fully saturated rings. The molecule has 8 heteroatoms. The van der Waals surface area contributed by atoms with Crippen molar-refractivity contribution in [2.45, 2.75) is 39.8 Å². The highest BCUT2D eigenvalue weighted by atomic mass is 35.5. The van der Waals surface area contributed by atoms with Gasteiger partial charge < -0.3 is 16.0 Å². The van der Waals surface area contributed by atoms with Gasteiger partial charge in [-0.05, 0) is 24.5 Å². The van der Waals surface area contributed by atoms with E-state index in [4.69, 9.17) is 5.73 Å².